The molecule has 0 saturated heterocycles. The summed E-state index contributed by atoms with van der Waals surface area (Å²) < 4.78 is 21.4. The lowest BCUT2D eigenvalue weighted by atomic mass is 9.86. The van der Waals surface area contributed by atoms with Gasteiger partial charge in [-0.05, 0) is 29.7 Å². The van der Waals surface area contributed by atoms with Gasteiger partial charge in [-0.2, -0.15) is 0 Å². The number of aromatic amines is 1. The van der Waals surface area contributed by atoms with E-state index in [1.165, 1.54) is 0 Å². The number of methoxy groups -OCH3 is 1. The van der Waals surface area contributed by atoms with E-state index in [1.54, 1.807) is 25.3 Å². The van der Waals surface area contributed by atoms with Crippen molar-refractivity contribution in [3.05, 3.63) is 57.9 Å². The Morgan fingerprint density at radius 2 is 1.81 bits per heavy atom. The molecule has 3 aromatic rings. The Morgan fingerprint density at radius 1 is 1.00 bits per heavy atom. The topological polar surface area (TPSA) is 86.8 Å². The van der Waals surface area contributed by atoms with Crippen LogP contribution >= 0.6 is 0 Å². The number of aromatic nitrogens is 1. The molecule has 5 rings (SSSR count). The highest BCUT2D eigenvalue weighted by atomic mass is 16.7. The van der Waals surface area contributed by atoms with Gasteiger partial charge < -0.3 is 23.9 Å². The molecule has 3 heterocycles. The number of benzene rings is 2. The summed E-state index contributed by atoms with van der Waals surface area (Å²) in [5, 5.41) is 0.853. The van der Waals surface area contributed by atoms with E-state index in [-0.39, 0.29) is 24.7 Å². The molecule has 2 aromatic carbocycles. The Kier molecular flexibility index (Phi) is 3.36. The van der Waals surface area contributed by atoms with Crippen LogP contribution in [0.25, 0.3) is 10.9 Å². The molecule has 1 atom stereocenters. The van der Waals surface area contributed by atoms with Gasteiger partial charge in [0.25, 0.3) is 5.56 Å². The van der Waals surface area contributed by atoms with E-state index < -0.39 is 5.92 Å². The highest BCUT2D eigenvalue weighted by Crippen LogP contribution is 2.45. The molecule has 0 radical (unpaired) electrons. The lowest BCUT2D eigenvalue weighted by Crippen LogP contribution is -2.25. The quantitative estimate of drug-likeness (QED) is 0.555. The van der Waals surface area contributed by atoms with Crippen LogP contribution in [0.4, 0.5) is 0 Å². The molecule has 1 N–H and O–H groups in total. The molecule has 0 bridgehead atoms. The Bertz CT molecular complexity index is 1150. The van der Waals surface area contributed by atoms with Gasteiger partial charge in [0, 0.05) is 29.2 Å². The van der Waals surface area contributed by atoms with Gasteiger partial charge in [0.1, 0.15) is 11.5 Å². The Balaban J connectivity index is 1.68. The van der Waals surface area contributed by atoms with Crippen molar-refractivity contribution in [3.8, 4) is 23.0 Å². The summed E-state index contributed by atoms with van der Waals surface area (Å²) in [5.74, 6) is 1.35. The lowest BCUT2D eigenvalue weighted by molar-refractivity contribution is -0.135. The summed E-state index contributed by atoms with van der Waals surface area (Å²) >= 11 is 0. The standard InChI is InChI=1S/C20H15NO6/c1-24-11-3-2-10-4-14(20(23)21-15(10)5-11)12-7-19(22)27-16-8-18-17(6-13(12)16)25-9-26-18/h2-6,8,12H,7,9H2,1H3,(H,21,23)/t12-/m0/s1. The molecule has 0 aliphatic carbocycles. The average molecular weight is 365 g/mol. The highest BCUT2D eigenvalue weighted by Gasteiger charge is 2.33. The van der Waals surface area contributed by atoms with Crippen LogP contribution in [-0.2, 0) is 4.79 Å². The van der Waals surface area contributed by atoms with E-state index in [1.807, 2.05) is 18.2 Å². The van der Waals surface area contributed by atoms with Crippen LogP contribution in [0.3, 0.4) is 0 Å². The molecular formula is C20H15NO6. The number of carbonyl (C=O) groups is 1. The molecule has 1 aromatic heterocycles. The summed E-state index contributed by atoms with van der Waals surface area (Å²) in [6.07, 6.45) is 0.0807. The van der Waals surface area contributed by atoms with E-state index in [2.05, 4.69) is 4.98 Å². The third-order valence-electron chi connectivity index (χ3n) is 4.93. The lowest BCUT2D eigenvalue weighted by Gasteiger charge is -2.24. The molecule has 0 saturated carbocycles. The molecule has 136 valence electrons. The average Bonchev–Trinajstić information content (AvgIpc) is 3.12. The zero-order valence-electron chi connectivity index (χ0n) is 14.4. The zero-order valence-corrected chi connectivity index (χ0v) is 14.4. The monoisotopic (exact) mass is 365 g/mol. The van der Waals surface area contributed by atoms with E-state index in [0.717, 1.165) is 10.9 Å². The fraction of sp³-hybridized carbons (Fsp3) is 0.200. The smallest absolute Gasteiger partial charge is 0.312 e. The van der Waals surface area contributed by atoms with Crippen LogP contribution < -0.4 is 24.5 Å². The van der Waals surface area contributed by atoms with Crippen LogP contribution in [0.15, 0.2) is 41.2 Å². The molecule has 27 heavy (non-hydrogen) atoms. The first-order valence-corrected chi connectivity index (χ1v) is 8.47. The SMILES string of the molecule is COc1ccc2cc([C@H]3CC(=O)Oc4cc5c(cc43)OCO5)c(=O)[nH]c2c1. The van der Waals surface area contributed by atoms with E-state index >= 15 is 0 Å². The number of esters is 1. The van der Waals surface area contributed by atoms with Crippen LogP contribution in [0, 0.1) is 0 Å². The molecular weight excluding hydrogens is 350 g/mol. The molecule has 0 fully saturated rings. The maximum Gasteiger partial charge on any atom is 0.312 e. The van der Waals surface area contributed by atoms with Crippen molar-refractivity contribution in [1.29, 1.82) is 0 Å². The van der Waals surface area contributed by atoms with Crippen LogP contribution in [0.1, 0.15) is 23.5 Å². The largest absolute Gasteiger partial charge is 0.497 e. The van der Waals surface area contributed by atoms with E-state index in [0.29, 0.717) is 34.1 Å². The van der Waals surface area contributed by atoms with Crippen molar-refractivity contribution in [2.75, 3.05) is 13.9 Å². The fourth-order valence-electron chi connectivity index (χ4n) is 3.60. The number of nitrogens with one attached hydrogen (secondary N) is 1. The van der Waals surface area contributed by atoms with Gasteiger partial charge in [-0.1, -0.05) is 0 Å². The van der Waals surface area contributed by atoms with Gasteiger partial charge in [-0.25, -0.2) is 0 Å². The third kappa shape index (κ3) is 2.51. The first kappa shape index (κ1) is 15.7. The number of ether oxygens (including phenoxy) is 4. The van der Waals surface area contributed by atoms with E-state index in [4.69, 9.17) is 18.9 Å². The molecule has 2 aliphatic heterocycles. The van der Waals surface area contributed by atoms with Crippen molar-refractivity contribution in [2.45, 2.75) is 12.3 Å². The maximum absolute atomic E-state index is 12.8. The Hall–Kier alpha value is -3.48. The van der Waals surface area contributed by atoms with Crippen molar-refractivity contribution < 1.29 is 23.7 Å². The van der Waals surface area contributed by atoms with Gasteiger partial charge in [0.15, 0.2) is 11.5 Å². The molecule has 7 heteroatoms. The summed E-state index contributed by atoms with van der Waals surface area (Å²) in [4.78, 5) is 27.8. The molecule has 2 aliphatic rings. The van der Waals surface area contributed by atoms with Gasteiger partial charge in [-0.15, -0.1) is 0 Å². The van der Waals surface area contributed by atoms with Gasteiger partial charge in [0.05, 0.1) is 19.0 Å². The molecule has 7 nitrogen and oxygen atoms in total. The first-order chi connectivity index (χ1) is 13.1. The van der Waals surface area contributed by atoms with Crippen LogP contribution in [-0.4, -0.2) is 24.9 Å². The summed E-state index contributed by atoms with van der Waals surface area (Å²) in [5.41, 5.74) is 1.66. The van der Waals surface area contributed by atoms with Crippen molar-refractivity contribution in [2.24, 2.45) is 0 Å². The minimum Gasteiger partial charge on any atom is -0.497 e. The Morgan fingerprint density at radius 3 is 2.63 bits per heavy atom. The second-order valence-electron chi connectivity index (χ2n) is 6.48. The maximum atomic E-state index is 12.8. The van der Waals surface area contributed by atoms with Gasteiger partial charge in [-0.3, -0.25) is 9.59 Å². The third-order valence-corrected chi connectivity index (χ3v) is 4.93. The second-order valence-corrected chi connectivity index (χ2v) is 6.48. The number of H-pyrrole nitrogens is 1. The van der Waals surface area contributed by atoms with Crippen LogP contribution in [0.2, 0.25) is 0 Å². The summed E-state index contributed by atoms with van der Waals surface area (Å²) in [6, 6.07) is 10.7. The number of fused-ring (bicyclic) bond motifs is 3. The number of hydrogen-bond donors (Lipinski definition) is 1. The number of rotatable bonds is 2. The number of hydrogen-bond acceptors (Lipinski definition) is 6. The molecule has 0 amide bonds. The van der Waals surface area contributed by atoms with Gasteiger partial charge in [0.2, 0.25) is 6.79 Å². The highest BCUT2D eigenvalue weighted by molar-refractivity contribution is 5.82. The van der Waals surface area contributed by atoms with Crippen LogP contribution in [0.5, 0.6) is 23.0 Å². The van der Waals surface area contributed by atoms with Gasteiger partial charge >= 0.3 is 5.97 Å². The molecule has 0 unspecified atom stereocenters. The van der Waals surface area contributed by atoms with Crippen molar-refractivity contribution in [3.63, 3.8) is 0 Å². The fourth-order valence-corrected chi connectivity index (χ4v) is 3.60. The minimum absolute atomic E-state index is 0.0807. The van der Waals surface area contributed by atoms with E-state index in [9.17, 15) is 9.59 Å². The van der Waals surface area contributed by atoms with Crippen molar-refractivity contribution >= 4 is 16.9 Å². The number of pyridine rings is 1. The summed E-state index contributed by atoms with van der Waals surface area (Å²) in [6.45, 7) is 0.120. The Labute approximate surface area is 153 Å². The second kappa shape index (κ2) is 5.77. The molecule has 0 spiro atoms. The summed E-state index contributed by atoms with van der Waals surface area (Å²) in [7, 11) is 1.57. The predicted molar refractivity (Wildman–Crippen MR) is 95.8 cm³/mol. The first-order valence-electron chi connectivity index (χ1n) is 8.47. The predicted octanol–water partition coefficient (Wildman–Crippen LogP) is 2.71. The minimum atomic E-state index is -0.425. The van der Waals surface area contributed by atoms with Crippen molar-refractivity contribution in [1.82, 2.24) is 4.98 Å². The normalized spacial score (nSPS) is 17.5. The zero-order chi connectivity index (χ0) is 18.5. The number of carbonyl (C=O) groups excluding carboxylic acids is 1.